The zero-order valence-electron chi connectivity index (χ0n) is 15.0. The summed E-state index contributed by atoms with van der Waals surface area (Å²) in [5.74, 6) is -0.0725. The fourth-order valence-electron chi connectivity index (χ4n) is 4.79. The smallest absolute Gasteiger partial charge is 0.319 e. The van der Waals surface area contributed by atoms with Crippen LogP contribution in [0.2, 0.25) is 0 Å². The van der Waals surface area contributed by atoms with Crippen LogP contribution in [-0.4, -0.2) is 41.5 Å². The predicted octanol–water partition coefficient (Wildman–Crippen LogP) is 2.99. The first kappa shape index (κ1) is 16.6. The number of rotatable bonds is 3. The zero-order chi connectivity index (χ0) is 17.4. The van der Waals surface area contributed by atoms with E-state index in [1.54, 1.807) is 0 Å². The normalized spacial score (nSPS) is 27.0. The fraction of sp³-hybridized carbons (Fsp3) is 0.600. The molecule has 0 radical (unpaired) electrons. The first-order chi connectivity index (χ1) is 12.1. The van der Waals surface area contributed by atoms with Crippen molar-refractivity contribution in [2.45, 2.75) is 62.9 Å². The lowest BCUT2D eigenvalue weighted by Crippen LogP contribution is -2.46. The van der Waals surface area contributed by atoms with Gasteiger partial charge in [-0.1, -0.05) is 37.1 Å². The number of imide groups is 1. The highest BCUT2D eigenvalue weighted by molar-refractivity contribution is 6.07. The van der Waals surface area contributed by atoms with Crippen molar-refractivity contribution in [3.8, 4) is 0 Å². The van der Waals surface area contributed by atoms with Crippen molar-refractivity contribution in [3.63, 3.8) is 0 Å². The molecule has 1 heterocycles. The topological polar surface area (TPSA) is 52.6 Å². The SMILES string of the molecule is CN(CN1C(=O)N[C@]2(CCCCc3ccccc32)C1=O)C1CCCC1. The zero-order valence-corrected chi connectivity index (χ0v) is 15.0. The van der Waals surface area contributed by atoms with Crippen LogP contribution in [0.25, 0.3) is 0 Å². The number of amides is 3. The molecule has 2 aliphatic carbocycles. The number of nitrogens with one attached hydrogen (secondary N) is 1. The number of benzene rings is 1. The van der Waals surface area contributed by atoms with Gasteiger partial charge in [0.2, 0.25) is 0 Å². The molecule has 2 fully saturated rings. The Morgan fingerprint density at radius 1 is 1.16 bits per heavy atom. The molecule has 1 atom stereocenters. The molecular formula is C20H27N3O2. The van der Waals surface area contributed by atoms with Crippen molar-refractivity contribution in [1.29, 1.82) is 0 Å². The van der Waals surface area contributed by atoms with Gasteiger partial charge in [0.15, 0.2) is 0 Å². The van der Waals surface area contributed by atoms with E-state index in [0.717, 1.165) is 37.7 Å². The van der Waals surface area contributed by atoms with Crippen molar-refractivity contribution >= 4 is 11.9 Å². The number of hydrogen-bond donors (Lipinski definition) is 1. The molecule has 1 spiro atoms. The Hall–Kier alpha value is -1.88. The van der Waals surface area contributed by atoms with E-state index < -0.39 is 5.54 Å². The first-order valence-electron chi connectivity index (χ1n) is 9.54. The van der Waals surface area contributed by atoms with Gasteiger partial charge < -0.3 is 5.32 Å². The lowest BCUT2D eigenvalue weighted by molar-refractivity contribution is -0.133. The number of carbonyl (C=O) groups is 2. The quantitative estimate of drug-likeness (QED) is 0.860. The van der Waals surface area contributed by atoms with E-state index in [-0.39, 0.29) is 11.9 Å². The minimum absolute atomic E-state index is 0.0725. The van der Waals surface area contributed by atoms with Gasteiger partial charge in [0.05, 0.1) is 6.67 Å². The average Bonchev–Trinajstić information content (AvgIpc) is 3.18. The summed E-state index contributed by atoms with van der Waals surface area (Å²) in [4.78, 5) is 29.7. The third-order valence-electron chi connectivity index (χ3n) is 6.21. The number of aryl methyl sites for hydroxylation is 1. The largest absolute Gasteiger partial charge is 0.326 e. The van der Waals surface area contributed by atoms with Gasteiger partial charge in [-0.2, -0.15) is 0 Å². The second kappa shape index (κ2) is 6.45. The Morgan fingerprint density at radius 2 is 1.92 bits per heavy atom. The molecule has 0 unspecified atom stereocenters. The highest BCUT2D eigenvalue weighted by Gasteiger charge is 2.53. The molecule has 3 aliphatic rings. The van der Waals surface area contributed by atoms with E-state index in [1.165, 1.54) is 23.3 Å². The predicted molar refractivity (Wildman–Crippen MR) is 95.9 cm³/mol. The third kappa shape index (κ3) is 2.74. The second-order valence-electron chi connectivity index (χ2n) is 7.77. The van der Waals surface area contributed by atoms with Gasteiger partial charge in [-0.05, 0) is 56.7 Å². The Labute approximate surface area is 149 Å². The second-order valence-corrected chi connectivity index (χ2v) is 7.77. The molecule has 0 aromatic heterocycles. The van der Waals surface area contributed by atoms with Crippen LogP contribution in [0.1, 0.15) is 56.1 Å². The number of fused-ring (bicyclic) bond motifs is 2. The Morgan fingerprint density at radius 3 is 2.72 bits per heavy atom. The summed E-state index contributed by atoms with van der Waals surface area (Å²) in [5, 5.41) is 3.07. The van der Waals surface area contributed by atoms with E-state index in [2.05, 4.69) is 16.3 Å². The Balaban J connectivity index is 1.62. The van der Waals surface area contributed by atoms with E-state index >= 15 is 0 Å². The van der Waals surface area contributed by atoms with Gasteiger partial charge in [-0.3, -0.25) is 9.69 Å². The van der Waals surface area contributed by atoms with E-state index in [4.69, 9.17) is 0 Å². The van der Waals surface area contributed by atoms with Crippen molar-refractivity contribution in [3.05, 3.63) is 35.4 Å². The van der Waals surface area contributed by atoms with Crippen LogP contribution in [0.15, 0.2) is 24.3 Å². The van der Waals surface area contributed by atoms with Crippen molar-refractivity contribution in [2.75, 3.05) is 13.7 Å². The maximum Gasteiger partial charge on any atom is 0.326 e. The summed E-state index contributed by atoms with van der Waals surface area (Å²) in [7, 11) is 2.03. The Bertz CT molecular complexity index is 683. The Kier molecular flexibility index (Phi) is 4.28. The molecule has 1 aromatic carbocycles. The third-order valence-corrected chi connectivity index (χ3v) is 6.21. The van der Waals surface area contributed by atoms with E-state index in [9.17, 15) is 9.59 Å². The number of hydrogen-bond acceptors (Lipinski definition) is 3. The summed E-state index contributed by atoms with van der Waals surface area (Å²) in [5.41, 5.74) is 1.33. The van der Waals surface area contributed by atoms with Crippen LogP contribution >= 0.6 is 0 Å². The molecule has 1 N–H and O–H groups in total. The van der Waals surface area contributed by atoms with Crippen LogP contribution in [0.3, 0.4) is 0 Å². The maximum atomic E-state index is 13.4. The van der Waals surface area contributed by atoms with Crippen molar-refractivity contribution in [2.24, 2.45) is 0 Å². The molecule has 1 saturated heterocycles. The van der Waals surface area contributed by atoms with Crippen LogP contribution < -0.4 is 5.32 Å². The van der Waals surface area contributed by atoms with Gasteiger partial charge in [-0.25, -0.2) is 9.69 Å². The van der Waals surface area contributed by atoms with Gasteiger partial charge in [0.1, 0.15) is 5.54 Å². The summed E-state index contributed by atoms with van der Waals surface area (Å²) >= 11 is 0. The highest BCUT2D eigenvalue weighted by atomic mass is 16.2. The molecule has 1 aromatic rings. The van der Waals surface area contributed by atoms with Crippen LogP contribution in [0, 0.1) is 0 Å². The number of nitrogens with zero attached hydrogens (tertiary/aromatic N) is 2. The summed E-state index contributed by atoms with van der Waals surface area (Å²) in [6, 6.07) is 8.34. The van der Waals surface area contributed by atoms with Gasteiger partial charge in [-0.15, -0.1) is 0 Å². The van der Waals surface area contributed by atoms with Crippen molar-refractivity contribution < 1.29 is 9.59 Å². The summed E-state index contributed by atoms with van der Waals surface area (Å²) < 4.78 is 0. The molecule has 3 amide bonds. The molecule has 4 rings (SSSR count). The molecule has 0 bridgehead atoms. The molecule has 1 aliphatic heterocycles. The number of carbonyl (C=O) groups excluding carboxylic acids is 2. The minimum atomic E-state index is -0.860. The standard InChI is InChI=1S/C20H27N3O2/c1-22(16-10-3-4-11-16)14-23-18(24)20(21-19(23)25)13-7-6-9-15-8-2-5-12-17(15)20/h2,5,8,12,16H,3-4,6-7,9-11,13-14H2,1H3,(H,21,25)/t20-/m0/s1. The van der Waals surface area contributed by atoms with Crippen LogP contribution in [-0.2, 0) is 16.8 Å². The highest BCUT2D eigenvalue weighted by Crippen LogP contribution is 2.39. The van der Waals surface area contributed by atoms with Crippen LogP contribution in [0.5, 0.6) is 0 Å². The van der Waals surface area contributed by atoms with Gasteiger partial charge in [0, 0.05) is 6.04 Å². The average molecular weight is 341 g/mol. The lowest BCUT2D eigenvalue weighted by Gasteiger charge is -2.30. The molecule has 1 saturated carbocycles. The minimum Gasteiger partial charge on any atom is -0.319 e. The monoisotopic (exact) mass is 341 g/mol. The maximum absolute atomic E-state index is 13.4. The molecule has 25 heavy (non-hydrogen) atoms. The van der Waals surface area contributed by atoms with Gasteiger partial charge >= 0.3 is 6.03 Å². The lowest BCUT2D eigenvalue weighted by atomic mass is 9.84. The molecule has 5 nitrogen and oxygen atoms in total. The van der Waals surface area contributed by atoms with E-state index in [0.29, 0.717) is 19.1 Å². The molecule has 134 valence electrons. The number of urea groups is 1. The molecule has 5 heteroatoms. The summed E-state index contributed by atoms with van der Waals surface area (Å²) in [6.45, 7) is 0.388. The van der Waals surface area contributed by atoms with Crippen LogP contribution in [0.4, 0.5) is 4.79 Å². The fourth-order valence-corrected chi connectivity index (χ4v) is 4.79. The molecular weight excluding hydrogens is 314 g/mol. The first-order valence-corrected chi connectivity index (χ1v) is 9.54. The van der Waals surface area contributed by atoms with Gasteiger partial charge in [0.25, 0.3) is 5.91 Å². The van der Waals surface area contributed by atoms with E-state index in [1.807, 2.05) is 25.2 Å². The van der Waals surface area contributed by atoms with Crippen molar-refractivity contribution in [1.82, 2.24) is 15.1 Å². The summed E-state index contributed by atoms with van der Waals surface area (Å²) in [6.07, 6.45) is 8.49.